The predicted molar refractivity (Wildman–Crippen MR) is 178 cm³/mol. The minimum atomic E-state index is -4.19. The fourth-order valence-electron chi connectivity index (χ4n) is 4.96. The molecule has 45 heavy (non-hydrogen) atoms. The lowest BCUT2D eigenvalue weighted by Crippen LogP contribution is -2.54. The molecule has 0 aliphatic heterocycles. The first-order valence-electron chi connectivity index (χ1n) is 15.1. The molecular weight excluding hydrogens is 586 g/mol. The predicted octanol–water partition coefficient (Wildman–Crippen LogP) is 5.75. The lowest BCUT2D eigenvalue weighted by Gasteiger charge is -2.34. The summed E-state index contributed by atoms with van der Waals surface area (Å²) in [6.45, 7) is 7.54. The van der Waals surface area contributed by atoms with Crippen LogP contribution in [0.2, 0.25) is 0 Å². The van der Waals surface area contributed by atoms with Gasteiger partial charge < -0.3 is 15.0 Å². The van der Waals surface area contributed by atoms with Gasteiger partial charge in [-0.25, -0.2) is 8.42 Å². The largest absolute Gasteiger partial charge is 0.494 e. The van der Waals surface area contributed by atoms with Crippen molar-refractivity contribution in [1.29, 1.82) is 0 Å². The highest BCUT2D eigenvalue weighted by molar-refractivity contribution is 7.92. The molecule has 1 N–H and O–H groups in total. The second kappa shape index (κ2) is 15.4. The van der Waals surface area contributed by atoms with Crippen LogP contribution < -0.4 is 14.4 Å². The monoisotopic (exact) mass is 627 g/mol. The molecule has 0 radical (unpaired) electrons. The van der Waals surface area contributed by atoms with Gasteiger partial charge in [0.05, 0.1) is 17.2 Å². The molecule has 2 amide bonds. The van der Waals surface area contributed by atoms with Crippen LogP contribution >= 0.6 is 0 Å². The summed E-state index contributed by atoms with van der Waals surface area (Å²) in [7, 11) is -4.19. The van der Waals surface area contributed by atoms with Crippen molar-refractivity contribution in [3.63, 3.8) is 0 Å². The van der Waals surface area contributed by atoms with E-state index in [1.54, 1.807) is 36.4 Å². The molecule has 0 aromatic heterocycles. The topological polar surface area (TPSA) is 96.0 Å². The van der Waals surface area contributed by atoms with E-state index in [1.165, 1.54) is 17.0 Å². The van der Waals surface area contributed by atoms with Gasteiger partial charge in [0.1, 0.15) is 18.3 Å². The molecule has 0 unspecified atom stereocenters. The van der Waals surface area contributed by atoms with Crippen molar-refractivity contribution in [2.75, 3.05) is 17.5 Å². The molecular formula is C36H41N3O5S. The summed E-state index contributed by atoms with van der Waals surface area (Å²) in [4.78, 5) is 29.7. The molecule has 0 saturated carbocycles. The van der Waals surface area contributed by atoms with Gasteiger partial charge in [-0.1, -0.05) is 78.4 Å². The molecule has 0 fully saturated rings. The molecule has 9 heteroatoms. The zero-order valence-corrected chi connectivity index (χ0v) is 27.0. The second-order valence-electron chi connectivity index (χ2n) is 11.1. The Balaban J connectivity index is 1.77. The van der Waals surface area contributed by atoms with E-state index in [2.05, 4.69) is 5.32 Å². The molecule has 4 aromatic rings. The van der Waals surface area contributed by atoms with E-state index < -0.39 is 28.5 Å². The number of hydrogen-bond donors (Lipinski definition) is 1. The lowest BCUT2D eigenvalue weighted by atomic mass is 10.0. The molecule has 236 valence electrons. The lowest BCUT2D eigenvalue weighted by molar-refractivity contribution is -0.140. The minimum absolute atomic E-state index is 0.0207. The van der Waals surface area contributed by atoms with E-state index >= 15 is 0 Å². The van der Waals surface area contributed by atoms with Crippen molar-refractivity contribution in [2.24, 2.45) is 0 Å². The number of carbonyl (C=O) groups is 2. The minimum Gasteiger partial charge on any atom is -0.494 e. The standard InChI is InChI=1S/C36H41N3O5S/c1-5-44-32-20-22-33(23-21-32)45(42,43)39(31-18-16-28(4)17-19-31)26-35(40)38(25-30-14-10-7-11-15-30)34(36(41)37-27(2)3)24-29-12-8-6-9-13-29/h6-23,27,34H,5,24-26H2,1-4H3,(H,37,41)/t34-/m1/s1. The molecule has 0 heterocycles. The van der Waals surface area contributed by atoms with Crippen molar-refractivity contribution in [3.8, 4) is 5.75 Å². The van der Waals surface area contributed by atoms with Gasteiger partial charge in [-0.05, 0) is 75.2 Å². The first-order chi connectivity index (χ1) is 21.6. The SMILES string of the molecule is CCOc1ccc(S(=O)(=O)N(CC(=O)N(Cc2ccccc2)[C@H](Cc2ccccc2)C(=O)NC(C)C)c2ccc(C)cc2)cc1. The van der Waals surface area contributed by atoms with Crippen LogP contribution in [0.15, 0.2) is 114 Å². The van der Waals surface area contributed by atoms with Gasteiger partial charge in [-0.2, -0.15) is 0 Å². The number of carbonyl (C=O) groups excluding carboxylic acids is 2. The van der Waals surface area contributed by atoms with E-state index in [-0.39, 0.29) is 29.8 Å². The Morgan fingerprint density at radius 1 is 0.800 bits per heavy atom. The smallest absolute Gasteiger partial charge is 0.264 e. The quantitative estimate of drug-likeness (QED) is 0.192. The zero-order chi connectivity index (χ0) is 32.4. The molecule has 8 nitrogen and oxygen atoms in total. The number of ether oxygens (including phenoxy) is 1. The van der Waals surface area contributed by atoms with E-state index in [1.807, 2.05) is 88.4 Å². The first kappa shape index (κ1) is 33.3. The van der Waals surface area contributed by atoms with Crippen LogP contribution in [0.1, 0.15) is 37.5 Å². The van der Waals surface area contributed by atoms with Crippen LogP contribution in [-0.2, 0) is 32.6 Å². The number of anilines is 1. The van der Waals surface area contributed by atoms with E-state index in [0.717, 1.165) is 21.0 Å². The Labute approximate surface area is 266 Å². The number of benzene rings is 4. The molecule has 0 aliphatic rings. The van der Waals surface area contributed by atoms with Crippen LogP contribution in [0.4, 0.5) is 5.69 Å². The Morgan fingerprint density at radius 2 is 1.38 bits per heavy atom. The number of amides is 2. The van der Waals surface area contributed by atoms with Gasteiger partial charge in [0.15, 0.2) is 0 Å². The normalized spacial score (nSPS) is 11.9. The highest BCUT2D eigenvalue weighted by Crippen LogP contribution is 2.27. The van der Waals surface area contributed by atoms with Crippen LogP contribution in [0.25, 0.3) is 0 Å². The molecule has 4 rings (SSSR count). The van der Waals surface area contributed by atoms with E-state index in [4.69, 9.17) is 4.74 Å². The average Bonchev–Trinajstić information content (AvgIpc) is 3.03. The number of hydrogen-bond acceptors (Lipinski definition) is 5. The van der Waals surface area contributed by atoms with Crippen molar-refractivity contribution in [2.45, 2.75) is 57.6 Å². The van der Waals surface area contributed by atoms with Crippen LogP contribution in [0, 0.1) is 6.92 Å². The van der Waals surface area contributed by atoms with Gasteiger partial charge in [0.25, 0.3) is 10.0 Å². The van der Waals surface area contributed by atoms with Crippen molar-refractivity contribution in [1.82, 2.24) is 10.2 Å². The van der Waals surface area contributed by atoms with Gasteiger partial charge in [0, 0.05) is 19.0 Å². The number of nitrogens with one attached hydrogen (secondary N) is 1. The van der Waals surface area contributed by atoms with Crippen molar-refractivity contribution >= 4 is 27.5 Å². The van der Waals surface area contributed by atoms with Crippen molar-refractivity contribution in [3.05, 3.63) is 126 Å². The molecule has 1 atom stereocenters. The van der Waals surface area contributed by atoms with Crippen LogP contribution in [0.5, 0.6) is 5.75 Å². The molecule has 0 spiro atoms. The number of aryl methyl sites for hydroxylation is 1. The third-order valence-electron chi connectivity index (χ3n) is 7.22. The van der Waals surface area contributed by atoms with E-state index in [9.17, 15) is 18.0 Å². The Morgan fingerprint density at radius 3 is 1.93 bits per heavy atom. The van der Waals surface area contributed by atoms with Gasteiger partial charge in [-0.15, -0.1) is 0 Å². The van der Waals surface area contributed by atoms with Gasteiger partial charge in [0.2, 0.25) is 11.8 Å². The van der Waals surface area contributed by atoms with Crippen LogP contribution in [-0.4, -0.2) is 50.4 Å². The molecule has 4 aromatic carbocycles. The molecule has 0 saturated heterocycles. The molecule has 0 bridgehead atoms. The maximum atomic E-state index is 14.5. The average molecular weight is 628 g/mol. The molecule has 0 aliphatic carbocycles. The summed E-state index contributed by atoms with van der Waals surface area (Å²) in [5.41, 5.74) is 2.98. The third kappa shape index (κ3) is 8.95. The number of nitrogens with zero attached hydrogens (tertiary/aromatic N) is 2. The summed E-state index contributed by atoms with van der Waals surface area (Å²) < 4.78 is 35.0. The summed E-state index contributed by atoms with van der Waals surface area (Å²) in [6, 6.07) is 30.9. The Bertz CT molecular complexity index is 1640. The number of sulfonamides is 1. The maximum absolute atomic E-state index is 14.5. The summed E-state index contributed by atoms with van der Waals surface area (Å²) in [5.74, 6) is -0.272. The first-order valence-corrected chi connectivity index (χ1v) is 16.5. The Kier molecular flexibility index (Phi) is 11.4. The summed E-state index contributed by atoms with van der Waals surface area (Å²) in [6.07, 6.45) is 0.258. The van der Waals surface area contributed by atoms with Gasteiger partial charge >= 0.3 is 0 Å². The fourth-order valence-corrected chi connectivity index (χ4v) is 6.37. The van der Waals surface area contributed by atoms with Crippen LogP contribution in [0.3, 0.4) is 0 Å². The Hall–Kier alpha value is -4.63. The van der Waals surface area contributed by atoms with Crippen molar-refractivity contribution < 1.29 is 22.7 Å². The summed E-state index contributed by atoms with van der Waals surface area (Å²) in [5, 5.41) is 2.97. The maximum Gasteiger partial charge on any atom is 0.264 e. The number of rotatable bonds is 14. The highest BCUT2D eigenvalue weighted by Gasteiger charge is 2.34. The van der Waals surface area contributed by atoms with E-state index in [0.29, 0.717) is 18.0 Å². The van der Waals surface area contributed by atoms with Gasteiger partial charge in [-0.3, -0.25) is 13.9 Å². The highest BCUT2D eigenvalue weighted by atomic mass is 32.2. The fraction of sp³-hybridized carbons (Fsp3) is 0.278. The second-order valence-corrected chi connectivity index (χ2v) is 13.0. The third-order valence-corrected chi connectivity index (χ3v) is 9.01. The zero-order valence-electron chi connectivity index (χ0n) is 26.2. The summed E-state index contributed by atoms with van der Waals surface area (Å²) >= 11 is 0.